The van der Waals surface area contributed by atoms with Gasteiger partial charge in [0.05, 0.1) is 0 Å². The largest absolute Gasteiger partial charge is 0.485 e. The van der Waals surface area contributed by atoms with Gasteiger partial charge in [-0.2, -0.15) is 0 Å². The van der Waals surface area contributed by atoms with Crippen molar-refractivity contribution in [3.63, 3.8) is 0 Å². The molecule has 1 unspecified atom stereocenters. The summed E-state index contributed by atoms with van der Waals surface area (Å²) in [6.07, 6.45) is 5.25. The van der Waals surface area contributed by atoms with E-state index in [1.165, 1.54) is 39.1 Å². The second-order valence-corrected chi connectivity index (χ2v) is 15.1. The summed E-state index contributed by atoms with van der Waals surface area (Å²) in [4.78, 5) is 7.34. The Bertz CT molecular complexity index is 2880. The van der Waals surface area contributed by atoms with Gasteiger partial charge in [-0.3, -0.25) is 0 Å². The standard InChI is InChI=1S/C50H36N2O2/c1-50(2)42-20-8-6-17-38(42)41-29-35(24-26-43(41)50)52(36-23-25-40-39-18-7-9-21-45(39)53-46(40)30-36)34-16-10-15-33(28-34)37-19-11-14-31-22-27-44-48(47(31)37)54-49(51-44)32-12-4-3-5-13-32/h3-29,46H,30H2,1-2H3. The molecule has 2 heterocycles. The average molecular weight is 697 g/mol. The van der Waals surface area contributed by atoms with Crippen LogP contribution in [-0.2, 0) is 5.41 Å². The number of anilines is 2. The molecule has 1 aromatic heterocycles. The molecule has 4 nitrogen and oxygen atoms in total. The van der Waals surface area contributed by atoms with Crippen LogP contribution in [0.1, 0.15) is 37.0 Å². The van der Waals surface area contributed by atoms with Gasteiger partial charge in [0.1, 0.15) is 17.4 Å². The van der Waals surface area contributed by atoms with Crippen LogP contribution in [0.2, 0.25) is 0 Å². The Kier molecular flexibility index (Phi) is 6.69. The summed E-state index contributed by atoms with van der Waals surface area (Å²) in [5, 5.41) is 2.18. The minimum absolute atomic E-state index is 0.0428. The van der Waals surface area contributed by atoms with Crippen molar-refractivity contribution in [2.45, 2.75) is 31.8 Å². The van der Waals surface area contributed by atoms with Gasteiger partial charge in [0.2, 0.25) is 5.89 Å². The number of aromatic nitrogens is 1. The van der Waals surface area contributed by atoms with Gasteiger partial charge in [0.15, 0.2) is 5.58 Å². The Morgan fingerprint density at radius 2 is 1.35 bits per heavy atom. The topological polar surface area (TPSA) is 38.5 Å². The van der Waals surface area contributed by atoms with Gasteiger partial charge in [-0.25, -0.2) is 4.98 Å². The molecule has 1 atom stereocenters. The van der Waals surface area contributed by atoms with Crippen LogP contribution in [-0.4, -0.2) is 11.1 Å². The van der Waals surface area contributed by atoms with Crippen molar-refractivity contribution in [1.29, 1.82) is 0 Å². The molecule has 2 aliphatic carbocycles. The van der Waals surface area contributed by atoms with E-state index in [4.69, 9.17) is 14.1 Å². The number of rotatable bonds is 5. The van der Waals surface area contributed by atoms with Gasteiger partial charge in [-0.05, 0) is 93.4 Å². The van der Waals surface area contributed by atoms with Crippen LogP contribution < -0.4 is 9.64 Å². The molecular weight excluding hydrogens is 661 g/mol. The van der Waals surface area contributed by atoms with Crippen molar-refractivity contribution in [2.75, 3.05) is 4.90 Å². The maximum Gasteiger partial charge on any atom is 0.227 e. The van der Waals surface area contributed by atoms with Crippen LogP contribution in [0, 0.1) is 0 Å². The smallest absolute Gasteiger partial charge is 0.227 e. The third kappa shape index (κ3) is 4.66. The average Bonchev–Trinajstić information content (AvgIpc) is 3.89. The van der Waals surface area contributed by atoms with Crippen LogP contribution in [0.25, 0.3) is 61.2 Å². The van der Waals surface area contributed by atoms with Crippen LogP contribution >= 0.6 is 0 Å². The lowest BCUT2D eigenvalue weighted by molar-refractivity contribution is 0.274. The molecule has 7 aromatic carbocycles. The molecule has 0 bridgehead atoms. The van der Waals surface area contributed by atoms with E-state index >= 15 is 0 Å². The Morgan fingerprint density at radius 3 is 2.26 bits per heavy atom. The van der Waals surface area contributed by atoms with Gasteiger partial charge in [-0.1, -0.05) is 123 Å². The van der Waals surface area contributed by atoms with Crippen molar-refractivity contribution >= 4 is 38.8 Å². The van der Waals surface area contributed by atoms with E-state index in [0.717, 1.165) is 62.1 Å². The first-order valence-corrected chi connectivity index (χ1v) is 18.7. The molecule has 0 N–H and O–H groups in total. The number of hydrogen-bond acceptors (Lipinski definition) is 4. The van der Waals surface area contributed by atoms with E-state index in [-0.39, 0.29) is 11.5 Å². The van der Waals surface area contributed by atoms with Crippen LogP contribution in [0.15, 0.2) is 174 Å². The molecule has 8 aromatic rings. The molecule has 0 spiro atoms. The van der Waals surface area contributed by atoms with Crippen LogP contribution in [0.3, 0.4) is 0 Å². The molecular formula is C50H36N2O2. The number of allylic oxidation sites excluding steroid dienone is 2. The van der Waals surface area contributed by atoms with Crippen molar-refractivity contribution in [1.82, 2.24) is 4.98 Å². The summed E-state index contributed by atoms with van der Waals surface area (Å²) in [7, 11) is 0. The van der Waals surface area contributed by atoms with Gasteiger partial charge < -0.3 is 14.1 Å². The maximum absolute atomic E-state index is 6.58. The normalized spacial score (nSPS) is 16.2. The predicted octanol–water partition coefficient (Wildman–Crippen LogP) is 12.9. The summed E-state index contributed by atoms with van der Waals surface area (Å²) in [5.74, 6) is 1.58. The Balaban J connectivity index is 1.08. The highest BCUT2D eigenvalue weighted by Crippen LogP contribution is 2.51. The first kappa shape index (κ1) is 30.9. The number of ether oxygens (including phenoxy) is 1. The molecule has 4 heteroatoms. The first-order chi connectivity index (χ1) is 26.5. The van der Waals surface area contributed by atoms with E-state index in [0.29, 0.717) is 5.89 Å². The number of para-hydroxylation sites is 1. The summed E-state index contributed by atoms with van der Waals surface area (Å²) in [5.41, 5.74) is 15.9. The number of hydrogen-bond donors (Lipinski definition) is 0. The van der Waals surface area contributed by atoms with Gasteiger partial charge in [0.25, 0.3) is 0 Å². The first-order valence-electron chi connectivity index (χ1n) is 18.7. The van der Waals surface area contributed by atoms with Gasteiger partial charge >= 0.3 is 0 Å². The highest BCUT2D eigenvalue weighted by molar-refractivity contribution is 6.11. The summed E-state index contributed by atoms with van der Waals surface area (Å²) < 4.78 is 13.2. The molecule has 3 aliphatic rings. The number of benzene rings is 7. The highest BCUT2D eigenvalue weighted by Gasteiger charge is 2.37. The van der Waals surface area contributed by atoms with Crippen molar-refractivity contribution in [3.05, 3.63) is 186 Å². The fraction of sp³-hybridized carbons (Fsp3) is 0.100. The Hall–Kier alpha value is -6.65. The molecule has 0 radical (unpaired) electrons. The van der Waals surface area contributed by atoms with E-state index in [1.54, 1.807) is 0 Å². The number of nitrogens with zero attached hydrogens (tertiary/aromatic N) is 2. The third-order valence-corrected chi connectivity index (χ3v) is 11.6. The maximum atomic E-state index is 6.58. The van der Waals surface area contributed by atoms with Gasteiger partial charge in [0, 0.05) is 51.0 Å². The fourth-order valence-corrected chi connectivity index (χ4v) is 9.00. The molecule has 0 amide bonds. The molecule has 11 rings (SSSR count). The van der Waals surface area contributed by atoms with E-state index in [9.17, 15) is 0 Å². The zero-order valence-electron chi connectivity index (χ0n) is 30.1. The zero-order valence-corrected chi connectivity index (χ0v) is 30.1. The van der Waals surface area contributed by atoms with E-state index in [2.05, 4.69) is 152 Å². The minimum Gasteiger partial charge on any atom is -0.485 e. The summed E-state index contributed by atoms with van der Waals surface area (Å²) >= 11 is 0. The predicted molar refractivity (Wildman–Crippen MR) is 220 cm³/mol. The Labute approximate surface area is 314 Å². The van der Waals surface area contributed by atoms with Crippen LogP contribution in [0.5, 0.6) is 5.75 Å². The van der Waals surface area contributed by atoms with Crippen molar-refractivity contribution < 1.29 is 9.15 Å². The minimum atomic E-state index is -0.0683. The Morgan fingerprint density at radius 1 is 0.611 bits per heavy atom. The van der Waals surface area contributed by atoms with E-state index in [1.807, 2.05) is 30.3 Å². The number of oxazole rings is 1. The lowest BCUT2D eigenvalue weighted by atomic mass is 9.82. The SMILES string of the molecule is CC1(C)c2ccccc2-c2cc(N(C3=CC=C4c5ccccc5OC4C3)c3cccc(-c4cccc5ccc6nc(-c7ccccc7)oc6c45)c3)ccc21. The fourth-order valence-electron chi connectivity index (χ4n) is 9.00. The van der Waals surface area contributed by atoms with E-state index < -0.39 is 0 Å². The molecule has 258 valence electrons. The number of fused-ring (bicyclic) bond motifs is 9. The zero-order chi connectivity index (χ0) is 36.0. The quantitative estimate of drug-likeness (QED) is 0.180. The molecule has 0 saturated carbocycles. The van der Waals surface area contributed by atoms with Crippen molar-refractivity contribution in [2.24, 2.45) is 0 Å². The lowest BCUT2D eigenvalue weighted by Crippen LogP contribution is -2.25. The molecule has 1 aliphatic heterocycles. The van der Waals surface area contributed by atoms with Crippen LogP contribution in [0.4, 0.5) is 11.4 Å². The third-order valence-electron chi connectivity index (χ3n) is 11.6. The molecule has 0 saturated heterocycles. The second kappa shape index (κ2) is 11.7. The second-order valence-electron chi connectivity index (χ2n) is 15.1. The lowest BCUT2D eigenvalue weighted by Gasteiger charge is -2.32. The summed E-state index contributed by atoms with van der Waals surface area (Å²) in [6, 6.07) is 54.0. The van der Waals surface area contributed by atoms with Gasteiger partial charge in [-0.15, -0.1) is 0 Å². The molecule has 0 fully saturated rings. The monoisotopic (exact) mass is 696 g/mol. The summed E-state index contributed by atoms with van der Waals surface area (Å²) in [6.45, 7) is 4.67. The highest BCUT2D eigenvalue weighted by atomic mass is 16.5. The molecule has 54 heavy (non-hydrogen) atoms. The van der Waals surface area contributed by atoms with Crippen molar-refractivity contribution in [3.8, 4) is 39.5 Å².